The van der Waals surface area contributed by atoms with Crippen molar-refractivity contribution in [1.82, 2.24) is 14.9 Å². The number of amides is 2. The van der Waals surface area contributed by atoms with Gasteiger partial charge in [-0.25, -0.2) is 13.1 Å². The largest absolute Gasteiger partial charge is 0.484 e. The van der Waals surface area contributed by atoms with E-state index in [0.717, 1.165) is 0 Å². The van der Waals surface area contributed by atoms with E-state index in [9.17, 15) is 18.0 Å². The summed E-state index contributed by atoms with van der Waals surface area (Å²) in [5.41, 5.74) is 0. The zero-order valence-electron chi connectivity index (χ0n) is 14.9. The molecule has 2 N–H and O–H groups in total. The van der Waals surface area contributed by atoms with Crippen LogP contribution in [-0.4, -0.2) is 58.4 Å². The summed E-state index contributed by atoms with van der Waals surface area (Å²) in [5, 5.41) is 2.69. The molecule has 0 bridgehead atoms. The molecule has 140 valence electrons. The lowest BCUT2D eigenvalue weighted by Crippen LogP contribution is -2.34. The van der Waals surface area contributed by atoms with Crippen LogP contribution in [0.1, 0.15) is 20.3 Å². The van der Waals surface area contributed by atoms with E-state index >= 15 is 0 Å². The van der Waals surface area contributed by atoms with Crippen LogP contribution in [0.4, 0.5) is 0 Å². The highest BCUT2D eigenvalue weighted by Crippen LogP contribution is 2.16. The molecule has 0 spiro atoms. The van der Waals surface area contributed by atoms with Crippen LogP contribution in [0.25, 0.3) is 0 Å². The summed E-state index contributed by atoms with van der Waals surface area (Å²) in [7, 11) is -0.468. The molecule has 25 heavy (non-hydrogen) atoms. The summed E-state index contributed by atoms with van der Waals surface area (Å²) in [5.74, 6) is -0.0180. The van der Waals surface area contributed by atoms with Crippen molar-refractivity contribution in [3.8, 4) is 5.75 Å². The quantitative estimate of drug-likeness (QED) is 0.652. The van der Waals surface area contributed by atoms with Gasteiger partial charge in [0.15, 0.2) is 6.61 Å². The smallest absolute Gasteiger partial charge is 0.259 e. The van der Waals surface area contributed by atoms with Crippen molar-refractivity contribution in [3.63, 3.8) is 0 Å². The minimum absolute atomic E-state index is 0.0102. The lowest BCUT2D eigenvalue weighted by Gasteiger charge is -2.12. The van der Waals surface area contributed by atoms with Crippen molar-refractivity contribution < 1.29 is 22.7 Å². The van der Waals surface area contributed by atoms with E-state index in [4.69, 9.17) is 4.74 Å². The van der Waals surface area contributed by atoms with Crippen LogP contribution in [0.15, 0.2) is 29.2 Å². The minimum Gasteiger partial charge on any atom is -0.484 e. The van der Waals surface area contributed by atoms with E-state index in [1.165, 1.54) is 29.2 Å². The van der Waals surface area contributed by atoms with Gasteiger partial charge in [0.2, 0.25) is 15.9 Å². The fourth-order valence-corrected chi connectivity index (χ4v) is 2.80. The first-order valence-electron chi connectivity index (χ1n) is 7.84. The molecule has 0 fully saturated rings. The maximum atomic E-state index is 12.2. The van der Waals surface area contributed by atoms with Crippen molar-refractivity contribution in [3.05, 3.63) is 24.3 Å². The second-order valence-electron chi connectivity index (χ2n) is 5.92. The number of likely N-dealkylation sites (N-methyl/N-ethyl adjacent to an activating group) is 1. The number of benzene rings is 1. The molecular formula is C16H25N3O5S. The maximum Gasteiger partial charge on any atom is 0.259 e. The van der Waals surface area contributed by atoms with Crippen LogP contribution in [0.2, 0.25) is 0 Å². The van der Waals surface area contributed by atoms with Crippen molar-refractivity contribution in [2.75, 3.05) is 27.2 Å². The Kier molecular flexibility index (Phi) is 7.85. The van der Waals surface area contributed by atoms with Gasteiger partial charge >= 0.3 is 0 Å². The van der Waals surface area contributed by atoms with Gasteiger partial charge in [-0.15, -0.1) is 0 Å². The Balaban J connectivity index is 2.56. The van der Waals surface area contributed by atoms with Crippen LogP contribution < -0.4 is 14.8 Å². The fraction of sp³-hybridized carbons (Fsp3) is 0.500. The van der Waals surface area contributed by atoms with Crippen molar-refractivity contribution in [1.29, 1.82) is 0 Å². The summed E-state index contributed by atoms with van der Waals surface area (Å²) in [6.07, 6.45) is 0.0608. The highest BCUT2D eigenvalue weighted by Gasteiger charge is 2.15. The molecule has 1 rings (SSSR count). The van der Waals surface area contributed by atoms with E-state index in [2.05, 4.69) is 10.0 Å². The summed E-state index contributed by atoms with van der Waals surface area (Å²) < 4.78 is 32.0. The van der Waals surface area contributed by atoms with Crippen LogP contribution in [-0.2, 0) is 19.6 Å². The first-order valence-corrected chi connectivity index (χ1v) is 9.32. The standard InChI is InChI=1S/C16H25N3O5S/c1-12(2)18-15(20)9-10-17-25(22,23)14-7-5-13(6-8-14)24-11-16(21)19(3)4/h5-8,12,17H,9-11H2,1-4H3,(H,18,20). The molecule has 0 heterocycles. The number of ether oxygens (including phenoxy) is 1. The van der Waals surface area contributed by atoms with Crippen molar-refractivity contribution in [2.24, 2.45) is 0 Å². The third-order valence-electron chi connectivity index (χ3n) is 3.09. The number of hydrogen-bond acceptors (Lipinski definition) is 5. The lowest BCUT2D eigenvalue weighted by atomic mass is 10.3. The predicted molar refractivity (Wildman–Crippen MR) is 93.7 cm³/mol. The van der Waals surface area contributed by atoms with E-state index in [1.807, 2.05) is 13.8 Å². The monoisotopic (exact) mass is 371 g/mol. The van der Waals surface area contributed by atoms with Gasteiger partial charge in [0, 0.05) is 33.1 Å². The van der Waals surface area contributed by atoms with Crippen LogP contribution in [0.3, 0.4) is 0 Å². The van der Waals surface area contributed by atoms with E-state index in [1.54, 1.807) is 14.1 Å². The van der Waals surface area contributed by atoms with Crippen LogP contribution >= 0.6 is 0 Å². The number of carbonyl (C=O) groups is 2. The summed E-state index contributed by atoms with van der Waals surface area (Å²) in [6, 6.07) is 5.72. The first kappa shape index (κ1) is 20.9. The minimum atomic E-state index is -3.71. The van der Waals surface area contributed by atoms with Crippen LogP contribution in [0.5, 0.6) is 5.75 Å². The van der Waals surface area contributed by atoms with Gasteiger partial charge in [-0.05, 0) is 38.1 Å². The van der Waals surface area contributed by atoms with Crippen LogP contribution in [0, 0.1) is 0 Å². The molecule has 1 aromatic carbocycles. The Morgan fingerprint density at radius 1 is 1.16 bits per heavy atom. The molecule has 0 aliphatic rings. The number of nitrogens with zero attached hydrogens (tertiary/aromatic N) is 1. The van der Waals surface area contributed by atoms with Gasteiger partial charge in [0.1, 0.15) is 5.75 Å². The molecule has 0 unspecified atom stereocenters. The van der Waals surface area contributed by atoms with Crippen molar-refractivity contribution in [2.45, 2.75) is 31.2 Å². The topological polar surface area (TPSA) is 105 Å². The Hall–Kier alpha value is -2.13. The van der Waals surface area contributed by atoms with Gasteiger partial charge in [0.05, 0.1) is 4.90 Å². The lowest BCUT2D eigenvalue weighted by molar-refractivity contribution is -0.130. The molecule has 0 aliphatic carbocycles. The Labute approximate surface area is 148 Å². The molecule has 0 aromatic heterocycles. The van der Waals surface area contributed by atoms with E-state index in [-0.39, 0.29) is 42.3 Å². The fourth-order valence-electron chi connectivity index (χ4n) is 1.77. The first-order chi connectivity index (χ1) is 11.6. The second-order valence-corrected chi connectivity index (χ2v) is 7.69. The number of carbonyl (C=O) groups excluding carboxylic acids is 2. The normalized spacial score (nSPS) is 11.2. The molecular weight excluding hydrogens is 346 g/mol. The van der Waals surface area contributed by atoms with E-state index in [0.29, 0.717) is 5.75 Å². The molecule has 1 aromatic rings. The third-order valence-corrected chi connectivity index (χ3v) is 4.57. The summed E-state index contributed by atoms with van der Waals surface area (Å²) >= 11 is 0. The summed E-state index contributed by atoms with van der Waals surface area (Å²) in [6.45, 7) is 3.55. The molecule has 0 saturated carbocycles. The third kappa shape index (κ3) is 7.53. The molecule has 0 atom stereocenters. The highest BCUT2D eigenvalue weighted by atomic mass is 32.2. The summed E-state index contributed by atoms with van der Waals surface area (Å²) in [4.78, 5) is 24.4. The van der Waals surface area contributed by atoms with Crippen molar-refractivity contribution >= 4 is 21.8 Å². The number of rotatable bonds is 9. The van der Waals surface area contributed by atoms with E-state index < -0.39 is 10.0 Å². The highest BCUT2D eigenvalue weighted by molar-refractivity contribution is 7.89. The zero-order valence-corrected chi connectivity index (χ0v) is 15.7. The Morgan fingerprint density at radius 3 is 2.28 bits per heavy atom. The molecule has 0 aliphatic heterocycles. The molecule has 2 amide bonds. The average molecular weight is 371 g/mol. The maximum absolute atomic E-state index is 12.2. The second kappa shape index (κ2) is 9.38. The average Bonchev–Trinajstić information content (AvgIpc) is 2.51. The number of hydrogen-bond donors (Lipinski definition) is 2. The molecule has 0 radical (unpaired) electrons. The number of nitrogens with one attached hydrogen (secondary N) is 2. The number of sulfonamides is 1. The van der Waals surface area contributed by atoms with Gasteiger partial charge < -0.3 is 15.0 Å². The molecule has 8 nitrogen and oxygen atoms in total. The van der Waals surface area contributed by atoms with Gasteiger partial charge in [-0.2, -0.15) is 0 Å². The predicted octanol–water partition coefficient (Wildman–Crippen LogP) is 0.347. The Morgan fingerprint density at radius 2 is 1.76 bits per heavy atom. The zero-order chi connectivity index (χ0) is 19.0. The molecule has 0 saturated heterocycles. The SMILES string of the molecule is CC(C)NC(=O)CCNS(=O)(=O)c1ccc(OCC(=O)N(C)C)cc1. The van der Waals surface area contributed by atoms with Gasteiger partial charge in [-0.3, -0.25) is 9.59 Å². The van der Waals surface area contributed by atoms with Gasteiger partial charge in [0.25, 0.3) is 5.91 Å². The van der Waals surface area contributed by atoms with Gasteiger partial charge in [-0.1, -0.05) is 0 Å². The molecule has 9 heteroatoms. The Bertz CT molecular complexity index is 684.